The monoisotopic (exact) mass is 439 g/mol. The molecule has 2 fully saturated rings. The fourth-order valence-electron chi connectivity index (χ4n) is 5.02. The van der Waals surface area contributed by atoms with Gasteiger partial charge in [0.1, 0.15) is 0 Å². The first-order chi connectivity index (χ1) is 15.4. The summed E-state index contributed by atoms with van der Waals surface area (Å²) in [5.74, 6) is -0.0801. The van der Waals surface area contributed by atoms with E-state index in [1.165, 1.54) is 12.1 Å². The summed E-state index contributed by atoms with van der Waals surface area (Å²) in [5.41, 5.74) is 1.27. The van der Waals surface area contributed by atoms with Crippen LogP contribution in [-0.4, -0.2) is 50.1 Å². The minimum atomic E-state index is -0.731. The summed E-state index contributed by atoms with van der Waals surface area (Å²) in [6.07, 6.45) is 0.165. The van der Waals surface area contributed by atoms with Crippen LogP contribution in [0.5, 0.6) is 0 Å². The number of para-hydroxylation sites is 1. The van der Waals surface area contributed by atoms with Crippen molar-refractivity contribution in [1.29, 1.82) is 0 Å². The van der Waals surface area contributed by atoms with Crippen molar-refractivity contribution in [3.8, 4) is 0 Å². The highest BCUT2D eigenvalue weighted by Gasteiger charge is 2.51. The van der Waals surface area contributed by atoms with Crippen LogP contribution in [-0.2, 0) is 0 Å². The summed E-state index contributed by atoms with van der Waals surface area (Å²) < 4.78 is 4.69. The van der Waals surface area contributed by atoms with Crippen molar-refractivity contribution in [2.45, 2.75) is 25.0 Å². The summed E-state index contributed by atoms with van der Waals surface area (Å²) in [6.45, 7) is 0.410. The largest absolute Gasteiger partial charge is 0.390 e. The Morgan fingerprint density at radius 3 is 2.62 bits per heavy atom. The maximum absolute atomic E-state index is 12.9. The number of hydrogen-bond acceptors (Lipinski definition) is 9. The lowest BCUT2D eigenvalue weighted by Gasteiger charge is -2.29. The number of nitrogens with zero attached hydrogens (tertiary/aromatic N) is 3. The molecule has 0 spiro atoms. The van der Waals surface area contributed by atoms with Crippen LogP contribution in [0.4, 0.5) is 17.1 Å². The van der Waals surface area contributed by atoms with Gasteiger partial charge in [-0.25, -0.2) is 4.63 Å². The Morgan fingerprint density at radius 1 is 1.09 bits per heavy atom. The number of carbonyl (C=O) groups excluding carboxylic acids is 1. The molecule has 3 aromatic rings. The second-order valence-corrected chi connectivity index (χ2v) is 8.37. The fourth-order valence-corrected chi connectivity index (χ4v) is 5.02. The fraction of sp³-hybridized carbons (Fsp3) is 0.381. The minimum Gasteiger partial charge on any atom is -0.390 e. The van der Waals surface area contributed by atoms with Crippen molar-refractivity contribution in [1.82, 2.24) is 15.6 Å². The van der Waals surface area contributed by atoms with Gasteiger partial charge in [-0.2, -0.15) is 0 Å². The van der Waals surface area contributed by atoms with E-state index in [1.807, 2.05) is 0 Å². The second-order valence-electron chi connectivity index (χ2n) is 8.37. The number of amides is 1. The number of hydrogen-bond donors (Lipinski definition) is 4. The van der Waals surface area contributed by atoms with E-state index in [0.717, 1.165) is 12.8 Å². The molecule has 2 aliphatic rings. The molecule has 32 heavy (non-hydrogen) atoms. The Labute approximate surface area is 181 Å². The van der Waals surface area contributed by atoms with Crippen LogP contribution in [0.15, 0.2) is 41.0 Å². The quantitative estimate of drug-likeness (QED) is 0.332. The van der Waals surface area contributed by atoms with Gasteiger partial charge in [-0.15, -0.1) is 0 Å². The topological polar surface area (TPSA) is 164 Å². The van der Waals surface area contributed by atoms with Crippen LogP contribution in [0.1, 0.15) is 23.2 Å². The third kappa shape index (κ3) is 3.35. The van der Waals surface area contributed by atoms with Crippen LogP contribution >= 0.6 is 0 Å². The number of rotatable bonds is 6. The lowest BCUT2D eigenvalue weighted by Crippen LogP contribution is -2.41. The molecule has 0 aliphatic heterocycles. The van der Waals surface area contributed by atoms with Gasteiger partial charge in [-0.1, -0.05) is 12.1 Å². The molecule has 1 aromatic heterocycles. The van der Waals surface area contributed by atoms with E-state index < -0.39 is 17.1 Å². The third-order valence-corrected chi connectivity index (χ3v) is 6.61. The molecular weight excluding hydrogens is 418 g/mol. The SMILES string of the molecule is O=C(NC[C@H]1C[C@@H]2C[C@H]1[C@@H](O)[C@H]2O)c1ccccc1Nc1ccc([N+](=O)[O-])c2nonc12. The van der Waals surface area contributed by atoms with E-state index in [9.17, 15) is 25.1 Å². The van der Waals surface area contributed by atoms with Crippen LogP contribution in [0.2, 0.25) is 0 Å². The molecule has 166 valence electrons. The van der Waals surface area contributed by atoms with Gasteiger partial charge in [-0.05, 0) is 59.1 Å². The molecule has 2 aliphatic carbocycles. The molecule has 0 unspecified atom stereocenters. The molecule has 4 N–H and O–H groups in total. The second kappa shape index (κ2) is 7.84. The highest BCUT2D eigenvalue weighted by atomic mass is 16.6. The highest BCUT2D eigenvalue weighted by molar-refractivity contribution is 6.02. The van der Waals surface area contributed by atoms with E-state index in [4.69, 9.17) is 0 Å². The predicted octanol–water partition coefficient (Wildman–Crippen LogP) is 1.98. The van der Waals surface area contributed by atoms with Gasteiger partial charge in [0.2, 0.25) is 5.52 Å². The molecule has 0 radical (unpaired) electrons. The smallest absolute Gasteiger partial charge is 0.300 e. The molecule has 2 bridgehead atoms. The number of anilines is 2. The summed E-state index contributed by atoms with van der Waals surface area (Å²) >= 11 is 0. The Bertz CT molecular complexity index is 1190. The minimum absolute atomic E-state index is 0.00303. The lowest BCUT2D eigenvalue weighted by molar-refractivity contribution is -0.383. The van der Waals surface area contributed by atoms with Crippen LogP contribution in [0.3, 0.4) is 0 Å². The Hall–Kier alpha value is -3.57. The van der Waals surface area contributed by atoms with Gasteiger partial charge >= 0.3 is 5.69 Å². The number of aliphatic hydroxyl groups is 2. The number of nitro groups is 1. The van der Waals surface area contributed by atoms with E-state index in [0.29, 0.717) is 23.5 Å². The van der Waals surface area contributed by atoms with Gasteiger partial charge in [0, 0.05) is 12.6 Å². The van der Waals surface area contributed by atoms with E-state index >= 15 is 0 Å². The maximum atomic E-state index is 12.9. The summed E-state index contributed by atoms with van der Waals surface area (Å²) in [6, 6.07) is 9.67. The summed E-state index contributed by atoms with van der Waals surface area (Å²) in [5, 5.41) is 44.7. The van der Waals surface area contributed by atoms with Gasteiger partial charge in [0.05, 0.1) is 34.1 Å². The zero-order chi connectivity index (χ0) is 22.4. The van der Waals surface area contributed by atoms with Crippen molar-refractivity contribution in [2.24, 2.45) is 17.8 Å². The molecule has 1 amide bonds. The first-order valence-electron chi connectivity index (χ1n) is 10.3. The zero-order valence-corrected chi connectivity index (χ0v) is 16.8. The number of aromatic nitrogens is 2. The van der Waals surface area contributed by atoms with E-state index in [-0.39, 0.29) is 40.4 Å². The summed E-state index contributed by atoms with van der Waals surface area (Å²) in [7, 11) is 0. The van der Waals surface area contributed by atoms with Gasteiger partial charge < -0.3 is 20.8 Å². The molecular formula is C21H21N5O6. The first-order valence-corrected chi connectivity index (χ1v) is 10.3. The normalized spacial score (nSPS) is 26.4. The number of nitro benzene ring substituents is 1. The van der Waals surface area contributed by atoms with Crippen LogP contribution in [0, 0.1) is 27.9 Å². The predicted molar refractivity (Wildman–Crippen MR) is 112 cm³/mol. The molecule has 11 heteroatoms. The first kappa shape index (κ1) is 20.3. The maximum Gasteiger partial charge on any atom is 0.300 e. The van der Waals surface area contributed by atoms with Gasteiger partial charge in [0.25, 0.3) is 5.91 Å². The molecule has 2 saturated carbocycles. The van der Waals surface area contributed by atoms with Crippen molar-refractivity contribution in [3.05, 3.63) is 52.1 Å². The van der Waals surface area contributed by atoms with Crippen molar-refractivity contribution in [2.75, 3.05) is 11.9 Å². The molecule has 5 rings (SSSR count). The third-order valence-electron chi connectivity index (χ3n) is 6.61. The number of non-ortho nitro benzene ring substituents is 1. The Balaban J connectivity index is 1.33. The standard InChI is InChI=1S/C21H21N5O6/c27-19-10-7-11(13(8-10)20(19)28)9-22-21(29)12-3-1-2-4-14(12)23-15-5-6-16(26(30)31)18-17(15)24-32-25-18/h1-6,10-11,13,19-20,23,27-28H,7-9H2,(H,22,29)/t10-,11-,13-,19+,20-/m1/s1. The molecule has 0 saturated heterocycles. The van der Waals surface area contributed by atoms with Crippen LogP contribution in [0.25, 0.3) is 11.0 Å². The number of aliphatic hydroxyl groups excluding tert-OH is 2. The Morgan fingerprint density at radius 2 is 1.88 bits per heavy atom. The highest BCUT2D eigenvalue weighted by Crippen LogP contribution is 2.48. The van der Waals surface area contributed by atoms with Gasteiger partial charge in [0.15, 0.2) is 5.52 Å². The van der Waals surface area contributed by atoms with Crippen molar-refractivity contribution >= 4 is 34.0 Å². The average Bonchev–Trinajstić information content (AvgIpc) is 3.50. The molecule has 1 heterocycles. The number of benzene rings is 2. The molecule has 2 aromatic carbocycles. The van der Waals surface area contributed by atoms with Crippen LogP contribution < -0.4 is 10.6 Å². The molecule has 11 nitrogen and oxygen atoms in total. The zero-order valence-electron chi connectivity index (χ0n) is 16.8. The van der Waals surface area contributed by atoms with Crippen molar-refractivity contribution < 1.29 is 24.6 Å². The number of nitrogens with one attached hydrogen (secondary N) is 2. The van der Waals surface area contributed by atoms with Gasteiger partial charge in [-0.3, -0.25) is 14.9 Å². The lowest BCUT2D eigenvalue weighted by atomic mass is 9.85. The van der Waals surface area contributed by atoms with E-state index in [2.05, 4.69) is 25.6 Å². The number of fused-ring (bicyclic) bond motifs is 3. The summed E-state index contributed by atoms with van der Waals surface area (Å²) in [4.78, 5) is 23.5. The van der Waals surface area contributed by atoms with E-state index in [1.54, 1.807) is 24.3 Å². The molecule has 5 atom stereocenters. The average molecular weight is 439 g/mol. The Kier molecular flexibility index (Phi) is 4.98. The van der Waals surface area contributed by atoms with Crippen molar-refractivity contribution in [3.63, 3.8) is 0 Å². The number of carbonyl (C=O) groups is 1.